The highest BCUT2D eigenvalue weighted by Gasteiger charge is 2.27. The highest BCUT2D eigenvalue weighted by atomic mass is 16.5. The molecule has 0 saturated carbocycles. The van der Waals surface area contributed by atoms with Crippen molar-refractivity contribution < 1.29 is 14.3 Å². The summed E-state index contributed by atoms with van der Waals surface area (Å²) in [7, 11) is 3.31. The van der Waals surface area contributed by atoms with Crippen LogP contribution in [0.25, 0.3) is 0 Å². The zero-order chi connectivity index (χ0) is 17.8. The summed E-state index contributed by atoms with van der Waals surface area (Å²) in [5, 5.41) is 4.15. The van der Waals surface area contributed by atoms with Gasteiger partial charge < -0.3 is 14.4 Å². The Morgan fingerprint density at radius 3 is 2.76 bits per heavy atom. The van der Waals surface area contributed by atoms with Gasteiger partial charge in [-0.2, -0.15) is 0 Å². The van der Waals surface area contributed by atoms with E-state index in [1.165, 1.54) is 7.11 Å². The lowest BCUT2D eigenvalue weighted by molar-refractivity contribution is 0.0656. The van der Waals surface area contributed by atoms with Crippen LogP contribution in [0.5, 0.6) is 11.8 Å². The van der Waals surface area contributed by atoms with Crippen LogP contribution in [0.2, 0.25) is 0 Å². The molecule has 0 unspecified atom stereocenters. The summed E-state index contributed by atoms with van der Waals surface area (Å²) < 4.78 is 12.6. The summed E-state index contributed by atoms with van der Waals surface area (Å²) in [5.74, 6) is 1.48. The Morgan fingerprint density at radius 2 is 2.08 bits per heavy atom. The highest BCUT2D eigenvalue weighted by molar-refractivity contribution is 5.96. The van der Waals surface area contributed by atoms with Crippen LogP contribution in [0, 0.1) is 12.8 Å². The Hall–Kier alpha value is -2.57. The number of nitrogens with zero attached hydrogens (tertiary/aromatic N) is 4. The van der Waals surface area contributed by atoms with Crippen LogP contribution < -0.4 is 9.47 Å². The number of pyridine rings is 1. The second-order valence-electron chi connectivity index (χ2n) is 6.40. The number of methoxy groups -OCH3 is 1. The van der Waals surface area contributed by atoms with Crippen LogP contribution in [-0.4, -0.2) is 52.4 Å². The van der Waals surface area contributed by atoms with Crippen molar-refractivity contribution in [1.82, 2.24) is 19.7 Å². The average Bonchev–Trinajstić information content (AvgIpc) is 3.02. The molecule has 1 aliphatic heterocycles. The maximum absolute atomic E-state index is 12.7. The first-order chi connectivity index (χ1) is 12.1. The Labute approximate surface area is 147 Å². The highest BCUT2D eigenvalue weighted by Crippen LogP contribution is 2.23. The monoisotopic (exact) mass is 344 g/mol. The molecular weight excluding hydrogens is 320 g/mol. The van der Waals surface area contributed by atoms with Crippen molar-refractivity contribution in [1.29, 1.82) is 0 Å². The molecule has 0 atom stereocenters. The largest absolute Gasteiger partial charge is 0.479 e. The van der Waals surface area contributed by atoms with E-state index in [9.17, 15) is 4.79 Å². The van der Waals surface area contributed by atoms with E-state index < -0.39 is 0 Å². The molecule has 7 heteroatoms. The van der Waals surface area contributed by atoms with Crippen molar-refractivity contribution in [3.05, 3.63) is 35.7 Å². The van der Waals surface area contributed by atoms with Gasteiger partial charge in [-0.25, -0.2) is 4.98 Å². The summed E-state index contributed by atoms with van der Waals surface area (Å²) >= 11 is 0. The lowest BCUT2D eigenvalue weighted by atomic mass is 9.97. The van der Waals surface area contributed by atoms with Gasteiger partial charge >= 0.3 is 0 Å². The molecule has 3 rings (SSSR count). The molecule has 0 spiro atoms. The van der Waals surface area contributed by atoms with E-state index >= 15 is 0 Å². The van der Waals surface area contributed by atoms with E-state index in [4.69, 9.17) is 9.47 Å². The fraction of sp³-hybridized carbons (Fsp3) is 0.500. The summed E-state index contributed by atoms with van der Waals surface area (Å²) in [6, 6.07) is 3.89. The summed E-state index contributed by atoms with van der Waals surface area (Å²) in [5.41, 5.74) is 1.56. The second kappa shape index (κ2) is 7.55. The number of ether oxygens (including phenoxy) is 2. The molecule has 134 valence electrons. The van der Waals surface area contributed by atoms with E-state index in [1.54, 1.807) is 24.1 Å². The van der Waals surface area contributed by atoms with Crippen LogP contribution in [0.15, 0.2) is 24.5 Å². The predicted octanol–water partition coefficient (Wildman–Crippen LogP) is 2.06. The Bertz CT molecular complexity index is 736. The third-order valence-electron chi connectivity index (χ3n) is 4.54. The zero-order valence-corrected chi connectivity index (χ0v) is 14.9. The number of rotatable bonds is 5. The van der Waals surface area contributed by atoms with Gasteiger partial charge in [0.1, 0.15) is 5.56 Å². The Kier molecular flexibility index (Phi) is 5.21. The molecule has 2 aromatic rings. The number of hydrogen-bond acceptors (Lipinski definition) is 5. The molecule has 1 saturated heterocycles. The summed E-state index contributed by atoms with van der Waals surface area (Å²) in [4.78, 5) is 18.8. The molecular formula is C18H24N4O3. The Morgan fingerprint density at radius 1 is 1.32 bits per heavy atom. The topological polar surface area (TPSA) is 69.5 Å². The van der Waals surface area contributed by atoms with E-state index in [0.29, 0.717) is 42.9 Å². The van der Waals surface area contributed by atoms with Gasteiger partial charge in [0.2, 0.25) is 11.8 Å². The van der Waals surface area contributed by atoms with Gasteiger partial charge in [-0.1, -0.05) is 6.07 Å². The summed E-state index contributed by atoms with van der Waals surface area (Å²) in [6.45, 7) is 4.05. The minimum Gasteiger partial charge on any atom is -0.479 e. The fourth-order valence-corrected chi connectivity index (χ4v) is 3.06. The molecule has 0 bridgehead atoms. The standard InChI is InChI=1S/C18H24N4O3/c1-13-5-4-8-19-16(13)25-12-14-6-9-22(10-7-14)18(23)15-11-21(2)20-17(15)24-3/h4-5,8,11,14H,6-7,9-10,12H2,1-3H3. The number of amides is 1. The smallest absolute Gasteiger partial charge is 0.260 e. The summed E-state index contributed by atoms with van der Waals surface area (Å²) in [6.07, 6.45) is 5.28. The maximum atomic E-state index is 12.7. The van der Waals surface area contributed by atoms with Crippen molar-refractivity contribution in [3.63, 3.8) is 0 Å². The van der Waals surface area contributed by atoms with Gasteiger partial charge in [0.05, 0.1) is 13.7 Å². The van der Waals surface area contributed by atoms with Crippen molar-refractivity contribution in [2.45, 2.75) is 19.8 Å². The molecule has 25 heavy (non-hydrogen) atoms. The number of carbonyl (C=O) groups is 1. The molecule has 0 aromatic carbocycles. The number of likely N-dealkylation sites (tertiary alicyclic amines) is 1. The third-order valence-corrected chi connectivity index (χ3v) is 4.54. The van der Waals surface area contributed by atoms with Crippen LogP contribution in [0.1, 0.15) is 28.8 Å². The first kappa shape index (κ1) is 17.3. The van der Waals surface area contributed by atoms with Crippen molar-refractivity contribution in [3.8, 4) is 11.8 Å². The number of aryl methyl sites for hydroxylation is 2. The second-order valence-corrected chi connectivity index (χ2v) is 6.40. The normalized spacial score (nSPS) is 15.2. The molecule has 1 aliphatic rings. The molecule has 1 amide bonds. The quantitative estimate of drug-likeness (QED) is 0.830. The number of carbonyl (C=O) groups excluding carboxylic acids is 1. The van der Waals surface area contributed by atoms with Gasteiger partial charge in [-0.15, -0.1) is 5.10 Å². The van der Waals surface area contributed by atoms with Crippen LogP contribution in [0.4, 0.5) is 0 Å². The van der Waals surface area contributed by atoms with Gasteiger partial charge in [-0.05, 0) is 31.7 Å². The van der Waals surface area contributed by atoms with Crippen LogP contribution >= 0.6 is 0 Å². The maximum Gasteiger partial charge on any atom is 0.260 e. The molecule has 1 fully saturated rings. The van der Waals surface area contributed by atoms with Gasteiger partial charge in [-0.3, -0.25) is 9.48 Å². The average molecular weight is 344 g/mol. The molecule has 0 aliphatic carbocycles. The van der Waals surface area contributed by atoms with Gasteiger partial charge in [0.15, 0.2) is 0 Å². The molecule has 7 nitrogen and oxygen atoms in total. The van der Waals surface area contributed by atoms with Crippen molar-refractivity contribution >= 4 is 5.91 Å². The molecule has 0 radical (unpaired) electrons. The van der Waals surface area contributed by atoms with Gasteiger partial charge in [0, 0.05) is 38.1 Å². The minimum absolute atomic E-state index is 0.0233. The number of piperidine rings is 1. The third kappa shape index (κ3) is 3.92. The van der Waals surface area contributed by atoms with E-state index in [-0.39, 0.29) is 5.91 Å². The lowest BCUT2D eigenvalue weighted by Gasteiger charge is -2.31. The zero-order valence-electron chi connectivity index (χ0n) is 14.9. The first-order valence-electron chi connectivity index (χ1n) is 8.49. The molecule has 3 heterocycles. The fourth-order valence-electron chi connectivity index (χ4n) is 3.06. The SMILES string of the molecule is COc1nn(C)cc1C(=O)N1CCC(COc2ncccc2C)CC1. The first-order valence-corrected chi connectivity index (χ1v) is 8.49. The van der Waals surface area contributed by atoms with E-state index in [0.717, 1.165) is 18.4 Å². The molecule has 0 N–H and O–H groups in total. The van der Waals surface area contributed by atoms with Crippen molar-refractivity contribution in [2.75, 3.05) is 26.8 Å². The number of aromatic nitrogens is 3. The minimum atomic E-state index is -0.0233. The predicted molar refractivity (Wildman–Crippen MR) is 92.9 cm³/mol. The van der Waals surface area contributed by atoms with Crippen LogP contribution in [-0.2, 0) is 7.05 Å². The molecule has 2 aromatic heterocycles. The Balaban J connectivity index is 1.53. The van der Waals surface area contributed by atoms with E-state index in [2.05, 4.69) is 10.1 Å². The van der Waals surface area contributed by atoms with Crippen molar-refractivity contribution in [2.24, 2.45) is 13.0 Å². The van der Waals surface area contributed by atoms with Gasteiger partial charge in [0.25, 0.3) is 5.91 Å². The van der Waals surface area contributed by atoms with E-state index in [1.807, 2.05) is 24.0 Å². The number of hydrogen-bond donors (Lipinski definition) is 0. The lowest BCUT2D eigenvalue weighted by Crippen LogP contribution is -2.39. The van der Waals surface area contributed by atoms with Crippen LogP contribution in [0.3, 0.4) is 0 Å².